The van der Waals surface area contributed by atoms with Crippen LogP contribution in [0.5, 0.6) is 0 Å². The van der Waals surface area contributed by atoms with Crippen LogP contribution in [-0.2, 0) is 4.74 Å². The number of hydrogen-bond donors (Lipinski definition) is 2. The molecule has 0 bridgehead atoms. The topological polar surface area (TPSA) is 76.8 Å². The average molecular weight is 210 g/mol. The zero-order valence-corrected chi connectivity index (χ0v) is 9.23. The van der Waals surface area contributed by atoms with E-state index in [0.717, 1.165) is 5.82 Å². The van der Waals surface area contributed by atoms with Crippen LogP contribution in [-0.4, -0.2) is 21.8 Å². The van der Waals surface area contributed by atoms with Gasteiger partial charge in [0.15, 0.2) is 11.6 Å². The number of aromatic amines is 1. The zero-order chi connectivity index (χ0) is 10.8. The van der Waals surface area contributed by atoms with Crippen LogP contribution < -0.4 is 5.73 Å². The Hall–Kier alpha value is -0.940. The summed E-state index contributed by atoms with van der Waals surface area (Å²) in [5.74, 6) is 2.10. The van der Waals surface area contributed by atoms with Crippen molar-refractivity contribution in [3.63, 3.8) is 0 Å². The van der Waals surface area contributed by atoms with E-state index in [2.05, 4.69) is 15.2 Å². The Morgan fingerprint density at radius 3 is 2.80 bits per heavy atom. The lowest BCUT2D eigenvalue weighted by Gasteiger charge is -2.12. The van der Waals surface area contributed by atoms with E-state index in [4.69, 9.17) is 10.5 Å². The molecule has 15 heavy (non-hydrogen) atoms. The van der Waals surface area contributed by atoms with E-state index < -0.39 is 0 Å². The highest BCUT2D eigenvalue weighted by Gasteiger charge is 2.35. The molecule has 1 heterocycles. The molecule has 0 radical (unpaired) electrons. The van der Waals surface area contributed by atoms with Gasteiger partial charge in [-0.15, -0.1) is 0 Å². The number of aromatic nitrogens is 3. The smallest absolute Gasteiger partial charge is 0.167 e. The minimum absolute atomic E-state index is 0.0787. The SMILES string of the molecule is CCOC(c1nc(C(C)N)n[nH]1)C1CC1. The first-order chi connectivity index (χ1) is 7.22. The van der Waals surface area contributed by atoms with E-state index in [0.29, 0.717) is 18.3 Å². The molecule has 84 valence electrons. The first-order valence-electron chi connectivity index (χ1n) is 5.51. The molecule has 2 rings (SSSR count). The van der Waals surface area contributed by atoms with Gasteiger partial charge in [-0.25, -0.2) is 4.98 Å². The zero-order valence-electron chi connectivity index (χ0n) is 9.23. The van der Waals surface area contributed by atoms with E-state index in [1.165, 1.54) is 12.8 Å². The predicted octanol–water partition coefficient (Wildman–Crippen LogP) is 1.31. The molecule has 1 saturated carbocycles. The van der Waals surface area contributed by atoms with Crippen molar-refractivity contribution >= 4 is 0 Å². The van der Waals surface area contributed by atoms with Crippen LogP contribution in [0.4, 0.5) is 0 Å². The van der Waals surface area contributed by atoms with Gasteiger partial charge in [0, 0.05) is 6.61 Å². The second-order valence-electron chi connectivity index (χ2n) is 4.08. The highest BCUT2D eigenvalue weighted by molar-refractivity contribution is 5.01. The Morgan fingerprint density at radius 2 is 2.33 bits per heavy atom. The Morgan fingerprint density at radius 1 is 1.60 bits per heavy atom. The normalized spacial score (nSPS) is 20.2. The largest absolute Gasteiger partial charge is 0.370 e. The van der Waals surface area contributed by atoms with Gasteiger partial charge in [-0.05, 0) is 32.6 Å². The Kier molecular flexibility index (Phi) is 3.02. The van der Waals surface area contributed by atoms with Gasteiger partial charge in [-0.2, -0.15) is 5.10 Å². The van der Waals surface area contributed by atoms with Crippen molar-refractivity contribution in [3.8, 4) is 0 Å². The van der Waals surface area contributed by atoms with Crippen LogP contribution in [0.1, 0.15) is 50.5 Å². The highest BCUT2D eigenvalue weighted by Crippen LogP contribution is 2.42. The molecule has 5 heteroatoms. The number of hydrogen-bond acceptors (Lipinski definition) is 4. The third-order valence-corrected chi connectivity index (χ3v) is 2.59. The minimum atomic E-state index is -0.128. The Labute approximate surface area is 89.4 Å². The molecule has 2 unspecified atom stereocenters. The molecule has 1 fully saturated rings. The maximum Gasteiger partial charge on any atom is 0.167 e. The first-order valence-corrected chi connectivity index (χ1v) is 5.51. The van der Waals surface area contributed by atoms with Crippen molar-refractivity contribution in [2.45, 2.75) is 38.8 Å². The third kappa shape index (κ3) is 2.35. The molecule has 1 aromatic heterocycles. The van der Waals surface area contributed by atoms with Gasteiger partial charge in [0.2, 0.25) is 0 Å². The minimum Gasteiger partial charge on any atom is -0.370 e. The quantitative estimate of drug-likeness (QED) is 0.768. The van der Waals surface area contributed by atoms with Gasteiger partial charge in [0.1, 0.15) is 6.10 Å². The van der Waals surface area contributed by atoms with Crippen molar-refractivity contribution in [1.29, 1.82) is 0 Å². The highest BCUT2D eigenvalue weighted by atomic mass is 16.5. The summed E-state index contributed by atoms with van der Waals surface area (Å²) in [5.41, 5.74) is 5.71. The maximum absolute atomic E-state index is 5.71. The first kappa shape index (κ1) is 10.6. The van der Waals surface area contributed by atoms with Crippen molar-refractivity contribution in [2.24, 2.45) is 11.7 Å². The molecule has 0 spiro atoms. The summed E-state index contributed by atoms with van der Waals surface area (Å²) >= 11 is 0. The van der Waals surface area contributed by atoms with Gasteiger partial charge < -0.3 is 10.5 Å². The lowest BCUT2D eigenvalue weighted by atomic mass is 10.2. The maximum atomic E-state index is 5.71. The van der Waals surface area contributed by atoms with Gasteiger partial charge in [-0.1, -0.05) is 0 Å². The van der Waals surface area contributed by atoms with E-state index in [1.54, 1.807) is 0 Å². The number of ether oxygens (including phenoxy) is 1. The fourth-order valence-corrected chi connectivity index (χ4v) is 1.64. The van der Waals surface area contributed by atoms with E-state index in [1.807, 2.05) is 13.8 Å². The van der Waals surface area contributed by atoms with Crippen LogP contribution >= 0.6 is 0 Å². The molecule has 0 amide bonds. The summed E-state index contributed by atoms with van der Waals surface area (Å²) in [4.78, 5) is 4.37. The fraction of sp³-hybridized carbons (Fsp3) is 0.800. The summed E-state index contributed by atoms with van der Waals surface area (Å²) in [6.07, 6.45) is 2.52. The summed E-state index contributed by atoms with van der Waals surface area (Å²) in [7, 11) is 0. The van der Waals surface area contributed by atoms with E-state index in [-0.39, 0.29) is 12.1 Å². The molecular weight excluding hydrogens is 192 g/mol. The second-order valence-corrected chi connectivity index (χ2v) is 4.08. The van der Waals surface area contributed by atoms with E-state index in [9.17, 15) is 0 Å². The van der Waals surface area contributed by atoms with Crippen molar-refractivity contribution in [2.75, 3.05) is 6.61 Å². The molecule has 0 aromatic carbocycles. The average Bonchev–Trinajstić information content (AvgIpc) is 2.91. The predicted molar refractivity (Wildman–Crippen MR) is 56.1 cm³/mol. The van der Waals surface area contributed by atoms with Crippen LogP contribution in [0.15, 0.2) is 0 Å². The molecule has 0 saturated heterocycles. The molecule has 3 N–H and O–H groups in total. The standard InChI is InChI=1S/C10H18N4O/c1-3-15-8(7-4-5-7)10-12-9(6(2)11)13-14-10/h6-8H,3-5,11H2,1-2H3,(H,12,13,14). The van der Waals surface area contributed by atoms with Crippen molar-refractivity contribution in [3.05, 3.63) is 11.6 Å². The summed E-state index contributed by atoms with van der Waals surface area (Å²) in [6.45, 7) is 4.58. The summed E-state index contributed by atoms with van der Waals surface area (Å²) < 4.78 is 5.67. The second kappa shape index (κ2) is 4.28. The van der Waals surface area contributed by atoms with Gasteiger partial charge in [0.05, 0.1) is 6.04 Å². The fourth-order valence-electron chi connectivity index (χ4n) is 1.64. The lowest BCUT2D eigenvalue weighted by Crippen LogP contribution is -2.10. The van der Waals surface area contributed by atoms with Crippen LogP contribution in [0.2, 0.25) is 0 Å². The number of H-pyrrole nitrogens is 1. The molecule has 1 aromatic rings. The Bertz CT molecular complexity index is 319. The number of rotatable bonds is 5. The molecule has 0 aliphatic heterocycles. The third-order valence-electron chi connectivity index (χ3n) is 2.59. The molecule has 1 aliphatic carbocycles. The molecule has 2 atom stereocenters. The molecular formula is C10H18N4O. The van der Waals surface area contributed by atoms with Crippen molar-refractivity contribution in [1.82, 2.24) is 15.2 Å². The van der Waals surface area contributed by atoms with Crippen LogP contribution in [0.3, 0.4) is 0 Å². The summed E-state index contributed by atoms with van der Waals surface area (Å²) in [6, 6.07) is -0.128. The lowest BCUT2D eigenvalue weighted by molar-refractivity contribution is 0.0402. The molecule has 1 aliphatic rings. The summed E-state index contributed by atoms with van der Waals surface area (Å²) in [5, 5.41) is 7.02. The molecule has 5 nitrogen and oxygen atoms in total. The van der Waals surface area contributed by atoms with Gasteiger partial charge in [0.25, 0.3) is 0 Å². The number of nitrogens with one attached hydrogen (secondary N) is 1. The van der Waals surface area contributed by atoms with Gasteiger partial charge in [-0.3, -0.25) is 5.10 Å². The van der Waals surface area contributed by atoms with Crippen molar-refractivity contribution < 1.29 is 4.74 Å². The number of nitrogens with two attached hydrogens (primary N) is 1. The van der Waals surface area contributed by atoms with Crippen LogP contribution in [0.25, 0.3) is 0 Å². The Balaban J connectivity index is 2.10. The van der Waals surface area contributed by atoms with Gasteiger partial charge >= 0.3 is 0 Å². The number of nitrogens with zero attached hydrogens (tertiary/aromatic N) is 2. The van der Waals surface area contributed by atoms with E-state index >= 15 is 0 Å². The van der Waals surface area contributed by atoms with Crippen LogP contribution in [0, 0.1) is 5.92 Å². The monoisotopic (exact) mass is 210 g/mol.